The molecule has 0 saturated carbocycles. The molecule has 1 amide bonds. The third-order valence-corrected chi connectivity index (χ3v) is 3.59. The molecule has 0 fully saturated rings. The molecule has 2 aromatic heterocycles. The summed E-state index contributed by atoms with van der Waals surface area (Å²) in [4.78, 5) is 27.9. The number of nitrogens with one attached hydrogen (secondary N) is 1. The van der Waals surface area contributed by atoms with E-state index < -0.39 is 5.97 Å². The number of carbonyl (C=O) groups is 2. The fourth-order valence-electron chi connectivity index (χ4n) is 1.64. The van der Waals surface area contributed by atoms with E-state index in [4.69, 9.17) is 0 Å². The Morgan fingerprint density at radius 1 is 1.45 bits per heavy atom. The number of hydrogen-bond donors (Lipinski definition) is 1. The number of ether oxygens (including phenoxy) is 1. The predicted molar refractivity (Wildman–Crippen MR) is 73.8 cm³/mol. The monoisotopic (exact) mass is 294 g/mol. The van der Waals surface area contributed by atoms with E-state index in [0.29, 0.717) is 16.3 Å². The molecule has 0 unspecified atom stereocenters. The van der Waals surface area contributed by atoms with Crippen LogP contribution in [0, 0.1) is 13.8 Å². The van der Waals surface area contributed by atoms with Gasteiger partial charge in [-0.25, -0.2) is 4.98 Å². The average molecular weight is 294 g/mol. The molecule has 8 heteroatoms. The SMILES string of the molecule is COC(=O)Cn1cc(NC(=O)c2sc(C)nc2C)cn1. The summed E-state index contributed by atoms with van der Waals surface area (Å²) in [7, 11) is 1.31. The molecule has 0 atom stereocenters. The summed E-state index contributed by atoms with van der Waals surface area (Å²) in [6, 6.07) is 0. The maximum absolute atomic E-state index is 12.1. The van der Waals surface area contributed by atoms with E-state index >= 15 is 0 Å². The van der Waals surface area contributed by atoms with E-state index in [1.807, 2.05) is 6.92 Å². The van der Waals surface area contributed by atoms with Crippen LogP contribution in [-0.2, 0) is 16.1 Å². The van der Waals surface area contributed by atoms with Gasteiger partial charge in [0, 0.05) is 6.20 Å². The normalized spacial score (nSPS) is 10.3. The molecule has 2 aromatic rings. The zero-order chi connectivity index (χ0) is 14.7. The third-order valence-electron chi connectivity index (χ3n) is 2.52. The Labute approximate surface area is 119 Å². The smallest absolute Gasteiger partial charge is 0.327 e. The zero-order valence-electron chi connectivity index (χ0n) is 11.3. The van der Waals surface area contributed by atoms with Crippen LogP contribution in [-0.4, -0.2) is 33.8 Å². The number of aromatic nitrogens is 3. The Hall–Kier alpha value is -2.22. The highest BCUT2D eigenvalue weighted by Crippen LogP contribution is 2.18. The number of hydrogen-bond acceptors (Lipinski definition) is 6. The lowest BCUT2D eigenvalue weighted by molar-refractivity contribution is -0.141. The summed E-state index contributed by atoms with van der Waals surface area (Å²) in [5, 5.41) is 7.53. The highest BCUT2D eigenvalue weighted by Gasteiger charge is 2.14. The molecule has 0 spiro atoms. The van der Waals surface area contributed by atoms with Crippen LogP contribution in [0.1, 0.15) is 20.4 Å². The second-order valence-electron chi connectivity index (χ2n) is 4.10. The molecule has 0 aliphatic rings. The van der Waals surface area contributed by atoms with Crippen molar-refractivity contribution in [1.82, 2.24) is 14.8 Å². The van der Waals surface area contributed by atoms with E-state index in [1.54, 1.807) is 13.1 Å². The van der Waals surface area contributed by atoms with Gasteiger partial charge >= 0.3 is 5.97 Å². The van der Waals surface area contributed by atoms with E-state index in [0.717, 1.165) is 5.01 Å². The van der Waals surface area contributed by atoms with Crippen LogP contribution in [0.3, 0.4) is 0 Å². The van der Waals surface area contributed by atoms with Gasteiger partial charge in [-0.1, -0.05) is 0 Å². The number of nitrogens with zero attached hydrogens (tertiary/aromatic N) is 3. The number of thiazole rings is 1. The van der Waals surface area contributed by atoms with E-state index in [2.05, 4.69) is 20.1 Å². The number of esters is 1. The number of rotatable bonds is 4. The Kier molecular flexibility index (Phi) is 4.14. The van der Waals surface area contributed by atoms with E-state index in [-0.39, 0.29) is 12.5 Å². The third kappa shape index (κ3) is 3.21. The van der Waals surface area contributed by atoms with Crippen LogP contribution >= 0.6 is 11.3 Å². The van der Waals surface area contributed by atoms with Crippen LogP contribution in [0.2, 0.25) is 0 Å². The average Bonchev–Trinajstić information content (AvgIpc) is 2.95. The second kappa shape index (κ2) is 5.83. The van der Waals surface area contributed by atoms with Crippen molar-refractivity contribution < 1.29 is 14.3 Å². The molecule has 0 aliphatic carbocycles. The molecule has 20 heavy (non-hydrogen) atoms. The molecule has 0 saturated heterocycles. The summed E-state index contributed by atoms with van der Waals surface area (Å²) in [6.45, 7) is 3.65. The maximum Gasteiger partial charge on any atom is 0.327 e. The zero-order valence-corrected chi connectivity index (χ0v) is 12.2. The molecule has 0 aromatic carbocycles. The summed E-state index contributed by atoms with van der Waals surface area (Å²) in [5.74, 6) is -0.634. The quantitative estimate of drug-likeness (QED) is 0.861. The topological polar surface area (TPSA) is 86.1 Å². The molecular weight excluding hydrogens is 280 g/mol. The largest absolute Gasteiger partial charge is 0.468 e. The molecule has 2 heterocycles. The van der Waals surface area contributed by atoms with Gasteiger partial charge in [-0.15, -0.1) is 11.3 Å². The van der Waals surface area contributed by atoms with Gasteiger partial charge in [0.2, 0.25) is 0 Å². The Bertz CT molecular complexity index is 647. The number of amides is 1. The van der Waals surface area contributed by atoms with Crippen molar-refractivity contribution >= 4 is 28.9 Å². The standard InChI is InChI=1S/C12H14N4O3S/c1-7-11(20-8(2)14-7)12(18)15-9-4-13-16(5-9)6-10(17)19-3/h4-5H,6H2,1-3H3,(H,15,18). The van der Waals surface area contributed by atoms with Crippen molar-refractivity contribution in [3.8, 4) is 0 Å². The van der Waals surface area contributed by atoms with Crippen LogP contribution in [0.25, 0.3) is 0 Å². The Morgan fingerprint density at radius 2 is 2.20 bits per heavy atom. The molecule has 7 nitrogen and oxygen atoms in total. The molecule has 0 radical (unpaired) electrons. The lowest BCUT2D eigenvalue weighted by Gasteiger charge is -2.00. The van der Waals surface area contributed by atoms with Crippen molar-refractivity contribution in [3.63, 3.8) is 0 Å². The van der Waals surface area contributed by atoms with Crippen LogP contribution in [0.5, 0.6) is 0 Å². The summed E-state index contributed by atoms with van der Waals surface area (Å²) >= 11 is 1.34. The first kappa shape index (κ1) is 14.2. The number of anilines is 1. The predicted octanol–water partition coefficient (Wildman–Crippen LogP) is 1.38. The minimum Gasteiger partial charge on any atom is -0.468 e. The molecule has 2 rings (SSSR count). The lowest BCUT2D eigenvalue weighted by atomic mass is 10.3. The first-order valence-corrected chi connectivity index (χ1v) is 6.66. The van der Waals surface area contributed by atoms with Crippen molar-refractivity contribution in [2.24, 2.45) is 0 Å². The first-order chi connectivity index (χ1) is 9.49. The molecule has 1 N–H and O–H groups in total. The van der Waals surface area contributed by atoms with Gasteiger partial charge < -0.3 is 10.1 Å². The van der Waals surface area contributed by atoms with E-state index in [9.17, 15) is 9.59 Å². The van der Waals surface area contributed by atoms with Gasteiger partial charge in [-0.3, -0.25) is 14.3 Å². The minimum atomic E-state index is -0.403. The van der Waals surface area contributed by atoms with Crippen molar-refractivity contribution in [3.05, 3.63) is 28.0 Å². The van der Waals surface area contributed by atoms with Gasteiger partial charge in [0.15, 0.2) is 0 Å². The fraction of sp³-hybridized carbons (Fsp3) is 0.333. The molecule has 0 bridgehead atoms. The Balaban J connectivity index is 2.05. The van der Waals surface area contributed by atoms with E-state index in [1.165, 1.54) is 29.3 Å². The maximum atomic E-state index is 12.1. The van der Waals surface area contributed by atoms with Gasteiger partial charge in [0.05, 0.1) is 29.7 Å². The second-order valence-corrected chi connectivity index (χ2v) is 5.31. The molecule has 0 aliphatic heterocycles. The van der Waals surface area contributed by atoms with Crippen molar-refractivity contribution in [2.45, 2.75) is 20.4 Å². The first-order valence-electron chi connectivity index (χ1n) is 5.84. The van der Waals surface area contributed by atoms with Gasteiger partial charge in [0.25, 0.3) is 5.91 Å². The lowest BCUT2D eigenvalue weighted by Crippen LogP contribution is -2.12. The summed E-state index contributed by atoms with van der Waals surface area (Å²) < 4.78 is 5.93. The van der Waals surface area contributed by atoms with Crippen LogP contribution in [0.4, 0.5) is 5.69 Å². The number of methoxy groups -OCH3 is 1. The number of carbonyl (C=O) groups excluding carboxylic acids is 2. The fourth-order valence-corrected chi connectivity index (χ4v) is 2.46. The number of aryl methyl sites for hydroxylation is 2. The highest BCUT2D eigenvalue weighted by molar-refractivity contribution is 7.13. The minimum absolute atomic E-state index is 0.00502. The van der Waals surface area contributed by atoms with Gasteiger partial charge in [-0.05, 0) is 13.8 Å². The van der Waals surface area contributed by atoms with Crippen LogP contribution in [0.15, 0.2) is 12.4 Å². The highest BCUT2D eigenvalue weighted by atomic mass is 32.1. The molecule has 106 valence electrons. The van der Waals surface area contributed by atoms with Crippen LogP contribution < -0.4 is 5.32 Å². The Morgan fingerprint density at radius 3 is 2.80 bits per heavy atom. The molecular formula is C12H14N4O3S. The van der Waals surface area contributed by atoms with Crippen molar-refractivity contribution in [2.75, 3.05) is 12.4 Å². The van der Waals surface area contributed by atoms with Gasteiger partial charge in [0.1, 0.15) is 11.4 Å². The van der Waals surface area contributed by atoms with Gasteiger partial charge in [-0.2, -0.15) is 5.10 Å². The van der Waals surface area contributed by atoms with Crippen molar-refractivity contribution in [1.29, 1.82) is 0 Å². The summed E-state index contributed by atoms with van der Waals surface area (Å²) in [5.41, 5.74) is 1.22. The summed E-state index contributed by atoms with van der Waals surface area (Å²) in [6.07, 6.45) is 3.04.